The Labute approximate surface area is 145 Å². The third kappa shape index (κ3) is 4.26. The molecule has 0 saturated carbocycles. The van der Waals surface area contributed by atoms with Gasteiger partial charge in [0.25, 0.3) is 0 Å². The standard InChI is InChI=1S/C19H20F2N2O2/c1-2-23-10-9-14-5-6-15(12-17(14)23)22-18(24)11-13-3-7-16(8-4-13)25-19(20)21/h3-8,12,19H,2,9-11H2,1H3,(H,22,24). The highest BCUT2D eigenvalue weighted by molar-refractivity contribution is 5.93. The van der Waals surface area contributed by atoms with Gasteiger partial charge < -0.3 is 15.0 Å². The Kier molecular flexibility index (Phi) is 5.16. The van der Waals surface area contributed by atoms with E-state index in [1.54, 1.807) is 12.1 Å². The van der Waals surface area contributed by atoms with Crippen LogP contribution in [0.15, 0.2) is 42.5 Å². The Bertz CT molecular complexity index is 748. The summed E-state index contributed by atoms with van der Waals surface area (Å²) in [5.74, 6) is -0.0686. The van der Waals surface area contributed by atoms with E-state index in [1.807, 2.05) is 12.1 Å². The molecular formula is C19H20F2N2O2. The molecule has 1 heterocycles. The average molecular weight is 346 g/mol. The molecule has 25 heavy (non-hydrogen) atoms. The Hall–Kier alpha value is -2.63. The highest BCUT2D eigenvalue weighted by Gasteiger charge is 2.18. The van der Waals surface area contributed by atoms with Crippen molar-refractivity contribution < 1.29 is 18.3 Å². The van der Waals surface area contributed by atoms with Crippen molar-refractivity contribution >= 4 is 17.3 Å². The number of nitrogens with one attached hydrogen (secondary N) is 1. The molecule has 0 unspecified atom stereocenters. The van der Waals surface area contributed by atoms with E-state index in [0.717, 1.165) is 30.8 Å². The van der Waals surface area contributed by atoms with Gasteiger partial charge in [0.05, 0.1) is 6.42 Å². The average Bonchev–Trinajstić information content (AvgIpc) is 2.98. The van der Waals surface area contributed by atoms with Crippen molar-refractivity contribution in [3.8, 4) is 5.75 Å². The maximum absolute atomic E-state index is 12.2. The summed E-state index contributed by atoms with van der Waals surface area (Å²) < 4.78 is 28.6. The number of anilines is 2. The van der Waals surface area contributed by atoms with Crippen molar-refractivity contribution in [2.45, 2.75) is 26.4 Å². The molecule has 6 heteroatoms. The summed E-state index contributed by atoms with van der Waals surface area (Å²) in [7, 11) is 0. The molecule has 0 aliphatic carbocycles. The topological polar surface area (TPSA) is 41.6 Å². The van der Waals surface area contributed by atoms with Crippen LogP contribution in [0.2, 0.25) is 0 Å². The highest BCUT2D eigenvalue weighted by Crippen LogP contribution is 2.30. The van der Waals surface area contributed by atoms with E-state index in [0.29, 0.717) is 0 Å². The molecule has 0 spiro atoms. The first kappa shape index (κ1) is 17.2. The summed E-state index contributed by atoms with van der Waals surface area (Å²) in [6.07, 6.45) is 1.20. The molecule has 2 aromatic carbocycles. The lowest BCUT2D eigenvalue weighted by Gasteiger charge is -2.17. The maximum atomic E-state index is 12.2. The Morgan fingerprint density at radius 2 is 2.00 bits per heavy atom. The summed E-state index contributed by atoms with van der Waals surface area (Å²) in [5, 5.41) is 2.89. The fourth-order valence-corrected chi connectivity index (χ4v) is 3.03. The summed E-state index contributed by atoms with van der Waals surface area (Å²) >= 11 is 0. The van der Waals surface area contributed by atoms with Crippen molar-refractivity contribution in [3.05, 3.63) is 53.6 Å². The van der Waals surface area contributed by atoms with Gasteiger partial charge in [-0.2, -0.15) is 8.78 Å². The number of benzene rings is 2. The fraction of sp³-hybridized carbons (Fsp3) is 0.316. The Balaban J connectivity index is 1.61. The number of carbonyl (C=O) groups excluding carboxylic acids is 1. The number of alkyl halides is 2. The van der Waals surface area contributed by atoms with Gasteiger partial charge in [-0.25, -0.2) is 0 Å². The molecule has 0 radical (unpaired) electrons. The SMILES string of the molecule is CCN1CCc2ccc(NC(=O)Cc3ccc(OC(F)F)cc3)cc21. The molecule has 3 rings (SSSR count). The normalized spacial score (nSPS) is 13.0. The van der Waals surface area contributed by atoms with Crippen LogP contribution in [0, 0.1) is 0 Å². The summed E-state index contributed by atoms with van der Waals surface area (Å²) in [4.78, 5) is 14.5. The van der Waals surface area contributed by atoms with E-state index in [2.05, 4.69) is 27.9 Å². The molecule has 0 saturated heterocycles. The molecule has 0 fully saturated rings. The molecule has 1 N–H and O–H groups in total. The highest BCUT2D eigenvalue weighted by atomic mass is 19.3. The van der Waals surface area contributed by atoms with Crippen molar-refractivity contribution in [3.63, 3.8) is 0 Å². The first-order valence-corrected chi connectivity index (χ1v) is 8.26. The summed E-state index contributed by atoms with van der Waals surface area (Å²) in [6, 6.07) is 12.1. The van der Waals surface area contributed by atoms with Gasteiger partial charge in [0.1, 0.15) is 5.75 Å². The third-order valence-electron chi connectivity index (χ3n) is 4.26. The van der Waals surface area contributed by atoms with Crippen molar-refractivity contribution in [1.29, 1.82) is 0 Å². The maximum Gasteiger partial charge on any atom is 0.387 e. The minimum Gasteiger partial charge on any atom is -0.435 e. The van der Waals surface area contributed by atoms with Crippen LogP contribution in [0.5, 0.6) is 5.75 Å². The smallest absolute Gasteiger partial charge is 0.387 e. The molecular weight excluding hydrogens is 326 g/mol. The number of nitrogens with zero attached hydrogens (tertiary/aromatic N) is 1. The van der Waals surface area contributed by atoms with Crippen molar-refractivity contribution in [2.75, 3.05) is 23.3 Å². The summed E-state index contributed by atoms with van der Waals surface area (Å²) in [6.45, 7) is 1.21. The zero-order valence-electron chi connectivity index (χ0n) is 14.0. The second-order valence-electron chi connectivity index (χ2n) is 5.92. The van der Waals surface area contributed by atoms with Crippen LogP contribution in [0.4, 0.5) is 20.2 Å². The van der Waals surface area contributed by atoms with E-state index in [-0.39, 0.29) is 18.1 Å². The predicted octanol–water partition coefficient (Wildman–Crippen LogP) is 3.85. The molecule has 0 bridgehead atoms. The molecule has 4 nitrogen and oxygen atoms in total. The summed E-state index contributed by atoms with van der Waals surface area (Å²) in [5.41, 5.74) is 3.97. The molecule has 0 aromatic heterocycles. The van der Waals surface area contributed by atoms with Gasteiger partial charge in [-0.3, -0.25) is 4.79 Å². The number of halogens is 2. The molecule has 2 aromatic rings. The number of rotatable bonds is 6. The number of ether oxygens (including phenoxy) is 1. The molecule has 1 amide bonds. The van der Waals surface area contributed by atoms with Gasteiger partial charge in [-0.15, -0.1) is 0 Å². The largest absolute Gasteiger partial charge is 0.435 e. The first-order valence-electron chi connectivity index (χ1n) is 8.26. The van der Waals surface area contributed by atoms with Crippen LogP contribution in [0.3, 0.4) is 0 Å². The van der Waals surface area contributed by atoms with Crippen molar-refractivity contribution in [2.24, 2.45) is 0 Å². The van der Waals surface area contributed by atoms with E-state index < -0.39 is 6.61 Å². The van der Waals surface area contributed by atoms with E-state index in [9.17, 15) is 13.6 Å². The van der Waals surface area contributed by atoms with Gasteiger partial charge in [0.15, 0.2) is 0 Å². The molecule has 132 valence electrons. The van der Waals surface area contributed by atoms with E-state index in [4.69, 9.17) is 0 Å². The van der Waals surface area contributed by atoms with Crippen LogP contribution >= 0.6 is 0 Å². The number of hydrogen-bond acceptors (Lipinski definition) is 3. The quantitative estimate of drug-likeness (QED) is 0.864. The van der Waals surface area contributed by atoms with Gasteiger partial charge in [-0.1, -0.05) is 18.2 Å². The van der Waals surface area contributed by atoms with Crippen LogP contribution in [-0.2, 0) is 17.6 Å². The van der Waals surface area contributed by atoms with E-state index >= 15 is 0 Å². The monoisotopic (exact) mass is 346 g/mol. The van der Waals surface area contributed by atoms with Crippen LogP contribution in [0.25, 0.3) is 0 Å². The second kappa shape index (κ2) is 7.51. The number of carbonyl (C=O) groups is 1. The number of hydrogen-bond donors (Lipinski definition) is 1. The van der Waals surface area contributed by atoms with E-state index in [1.165, 1.54) is 23.4 Å². The number of fused-ring (bicyclic) bond motifs is 1. The van der Waals surface area contributed by atoms with Gasteiger partial charge in [0, 0.05) is 24.5 Å². The Morgan fingerprint density at radius 3 is 2.68 bits per heavy atom. The minimum atomic E-state index is -2.85. The molecule has 1 aliphatic heterocycles. The molecule has 1 aliphatic rings. The first-order chi connectivity index (χ1) is 12.0. The molecule has 0 atom stereocenters. The number of likely N-dealkylation sites (N-methyl/N-ethyl adjacent to an activating group) is 1. The lowest BCUT2D eigenvalue weighted by Crippen LogP contribution is -2.19. The minimum absolute atomic E-state index is 0.0810. The van der Waals surface area contributed by atoms with Crippen LogP contribution in [-0.4, -0.2) is 25.6 Å². The van der Waals surface area contributed by atoms with Crippen LogP contribution in [0.1, 0.15) is 18.1 Å². The third-order valence-corrected chi connectivity index (χ3v) is 4.26. The van der Waals surface area contributed by atoms with Crippen molar-refractivity contribution in [1.82, 2.24) is 0 Å². The zero-order valence-corrected chi connectivity index (χ0v) is 14.0. The lowest BCUT2D eigenvalue weighted by atomic mass is 10.1. The van der Waals surface area contributed by atoms with Crippen LogP contribution < -0.4 is 15.0 Å². The predicted molar refractivity (Wildman–Crippen MR) is 93.4 cm³/mol. The zero-order chi connectivity index (χ0) is 17.8. The number of amides is 1. The van der Waals surface area contributed by atoms with Gasteiger partial charge in [0.2, 0.25) is 5.91 Å². The van der Waals surface area contributed by atoms with Gasteiger partial charge in [-0.05, 0) is 48.7 Å². The Morgan fingerprint density at radius 1 is 1.24 bits per heavy atom. The van der Waals surface area contributed by atoms with Gasteiger partial charge >= 0.3 is 6.61 Å². The second-order valence-corrected chi connectivity index (χ2v) is 5.92. The lowest BCUT2D eigenvalue weighted by molar-refractivity contribution is -0.115. The fourth-order valence-electron chi connectivity index (χ4n) is 3.03.